The van der Waals surface area contributed by atoms with E-state index in [0.29, 0.717) is 17.7 Å². The maximum Gasteiger partial charge on any atom is 0.307 e. The number of carboxylic acids is 1. The first-order valence-electron chi connectivity index (χ1n) is 6.11. The van der Waals surface area contributed by atoms with Crippen LogP contribution in [0.1, 0.15) is 22.5 Å². The minimum Gasteiger partial charge on any atom is -0.481 e. The van der Waals surface area contributed by atoms with E-state index in [2.05, 4.69) is 10.9 Å². The number of allylic oxidation sites excluding steroid dienone is 2. The third-order valence-corrected chi connectivity index (χ3v) is 4.00. The van der Waals surface area contributed by atoms with Gasteiger partial charge in [-0.1, -0.05) is 18.2 Å². The molecule has 0 aromatic carbocycles. The van der Waals surface area contributed by atoms with Crippen molar-refractivity contribution in [2.24, 2.45) is 11.8 Å². The lowest BCUT2D eigenvalue weighted by atomic mass is 9.82. The number of hydrogen-bond donors (Lipinski definition) is 3. The SMILES string of the molecule is O=C(NNC(=O)[C@H]1CC=CC[C@H]1C(=O)O)c1cccs1. The quantitative estimate of drug-likeness (QED) is 0.576. The van der Waals surface area contributed by atoms with E-state index in [1.807, 2.05) is 0 Å². The van der Waals surface area contributed by atoms with Crippen molar-refractivity contribution in [3.63, 3.8) is 0 Å². The first-order valence-corrected chi connectivity index (χ1v) is 6.99. The third kappa shape index (κ3) is 3.24. The van der Waals surface area contributed by atoms with E-state index in [4.69, 9.17) is 5.11 Å². The van der Waals surface area contributed by atoms with Crippen LogP contribution < -0.4 is 10.9 Å². The predicted octanol–water partition coefficient (Wildman–Crippen LogP) is 1.18. The Hall–Kier alpha value is -2.15. The number of nitrogens with one attached hydrogen (secondary N) is 2. The second-order valence-electron chi connectivity index (χ2n) is 4.41. The first kappa shape index (κ1) is 14.3. The van der Waals surface area contributed by atoms with Gasteiger partial charge in [0.05, 0.1) is 16.7 Å². The van der Waals surface area contributed by atoms with Gasteiger partial charge in [-0.3, -0.25) is 25.2 Å². The van der Waals surface area contributed by atoms with Crippen molar-refractivity contribution in [2.75, 3.05) is 0 Å². The van der Waals surface area contributed by atoms with E-state index in [1.165, 1.54) is 11.3 Å². The van der Waals surface area contributed by atoms with Crippen molar-refractivity contribution in [1.82, 2.24) is 10.9 Å². The zero-order valence-corrected chi connectivity index (χ0v) is 11.4. The smallest absolute Gasteiger partial charge is 0.307 e. The number of hydrogen-bond acceptors (Lipinski definition) is 4. The van der Waals surface area contributed by atoms with Crippen LogP contribution in [0, 0.1) is 11.8 Å². The minimum atomic E-state index is -1.00. The van der Waals surface area contributed by atoms with Gasteiger partial charge < -0.3 is 5.11 Å². The monoisotopic (exact) mass is 294 g/mol. The molecule has 1 heterocycles. The molecule has 0 aliphatic heterocycles. The summed E-state index contributed by atoms with van der Waals surface area (Å²) in [5, 5.41) is 10.8. The Balaban J connectivity index is 1.92. The van der Waals surface area contributed by atoms with Crippen molar-refractivity contribution in [3.8, 4) is 0 Å². The number of aliphatic carboxylic acids is 1. The standard InChI is InChI=1S/C13H14N2O4S/c16-11(8-4-1-2-5-9(8)13(18)19)14-15-12(17)10-6-3-7-20-10/h1-3,6-9H,4-5H2,(H,14,16)(H,15,17)(H,18,19)/t8-,9+/m0/s1. The fourth-order valence-electron chi connectivity index (χ4n) is 2.06. The molecule has 0 unspecified atom stereocenters. The molecule has 2 atom stereocenters. The number of carboxylic acid groups (broad SMARTS) is 1. The molecule has 0 saturated heterocycles. The molecule has 3 N–H and O–H groups in total. The summed E-state index contributed by atoms with van der Waals surface area (Å²) in [6.07, 6.45) is 4.22. The zero-order valence-electron chi connectivity index (χ0n) is 10.5. The van der Waals surface area contributed by atoms with Gasteiger partial charge in [-0.15, -0.1) is 11.3 Å². The van der Waals surface area contributed by atoms with Gasteiger partial charge >= 0.3 is 5.97 Å². The predicted molar refractivity (Wildman–Crippen MR) is 72.9 cm³/mol. The molecule has 20 heavy (non-hydrogen) atoms. The van der Waals surface area contributed by atoms with Crippen LogP contribution >= 0.6 is 11.3 Å². The van der Waals surface area contributed by atoms with Gasteiger partial charge in [0.2, 0.25) is 5.91 Å². The lowest BCUT2D eigenvalue weighted by Gasteiger charge is -2.24. The maximum atomic E-state index is 12.0. The highest BCUT2D eigenvalue weighted by Crippen LogP contribution is 2.25. The molecular weight excluding hydrogens is 280 g/mol. The molecule has 6 nitrogen and oxygen atoms in total. The molecule has 1 aromatic rings. The molecule has 1 aliphatic carbocycles. The largest absolute Gasteiger partial charge is 0.481 e. The van der Waals surface area contributed by atoms with Crippen molar-refractivity contribution in [2.45, 2.75) is 12.8 Å². The molecule has 2 amide bonds. The summed E-state index contributed by atoms with van der Waals surface area (Å²) in [6.45, 7) is 0. The van der Waals surface area contributed by atoms with Crippen LogP contribution in [0.5, 0.6) is 0 Å². The fraction of sp³-hybridized carbons (Fsp3) is 0.308. The van der Waals surface area contributed by atoms with Gasteiger partial charge in [-0.2, -0.15) is 0 Å². The van der Waals surface area contributed by atoms with Crippen LogP contribution in [0.25, 0.3) is 0 Å². The Bertz CT molecular complexity index is 539. The molecule has 1 aromatic heterocycles. The van der Waals surface area contributed by atoms with E-state index in [9.17, 15) is 14.4 Å². The Morgan fingerprint density at radius 1 is 1.15 bits per heavy atom. The van der Waals surface area contributed by atoms with Gasteiger partial charge in [0.1, 0.15) is 0 Å². The minimum absolute atomic E-state index is 0.326. The molecule has 0 bridgehead atoms. The van der Waals surface area contributed by atoms with E-state index >= 15 is 0 Å². The average molecular weight is 294 g/mol. The van der Waals surface area contributed by atoms with E-state index < -0.39 is 29.6 Å². The zero-order chi connectivity index (χ0) is 14.5. The van der Waals surface area contributed by atoms with Gasteiger partial charge in [0.25, 0.3) is 5.91 Å². The summed E-state index contributed by atoms with van der Waals surface area (Å²) < 4.78 is 0. The highest BCUT2D eigenvalue weighted by atomic mass is 32.1. The lowest BCUT2D eigenvalue weighted by molar-refractivity contribution is -0.147. The number of rotatable bonds is 3. The van der Waals surface area contributed by atoms with Gasteiger partial charge in [-0.05, 0) is 24.3 Å². The number of carbonyl (C=O) groups is 3. The van der Waals surface area contributed by atoms with E-state index in [-0.39, 0.29) is 0 Å². The Morgan fingerprint density at radius 3 is 2.45 bits per heavy atom. The molecular formula is C13H14N2O4S. The van der Waals surface area contributed by atoms with Crippen LogP contribution in [0.4, 0.5) is 0 Å². The highest BCUT2D eigenvalue weighted by Gasteiger charge is 2.34. The van der Waals surface area contributed by atoms with Gasteiger partial charge in [0, 0.05) is 0 Å². The Morgan fingerprint density at radius 2 is 1.85 bits per heavy atom. The second-order valence-corrected chi connectivity index (χ2v) is 5.36. The molecule has 2 rings (SSSR count). The van der Waals surface area contributed by atoms with E-state index in [1.54, 1.807) is 29.7 Å². The van der Waals surface area contributed by atoms with Crippen molar-refractivity contribution >= 4 is 29.1 Å². The van der Waals surface area contributed by atoms with Gasteiger partial charge in [0.15, 0.2) is 0 Å². The summed E-state index contributed by atoms with van der Waals surface area (Å²) in [5.41, 5.74) is 4.59. The Labute approximate surface area is 119 Å². The molecule has 0 spiro atoms. The second kappa shape index (κ2) is 6.33. The third-order valence-electron chi connectivity index (χ3n) is 3.13. The average Bonchev–Trinajstić information content (AvgIpc) is 2.98. The van der Waals surface area contributed by atoms with E-state index in [0.717, 1.165) is 0 Å². The molecule has 1 aliphatic rings. The molecule has 0 fully saturated rings. The van der Waals surface area contributed by atoms with Crippen LogP contribution in [0.15, 0.2) is 29.7 Å². The highest BCUT2D eigenvalue weighted by molar-refractivity contribution is 7.12. The molecule has 106 valence electrons. The summed E-state index contributed by atoms with van der Waals surface area (Å²) in [5.74, 6) is -3.31. The van der Waals surface area contributed by atoms with Crippen molar-refractivity contribution in [3.05, 3.63) is 34.5 Å². The summed E-state index contributed by atoms with van der Waals surface area (Å²) in [6, 6.07) is 3.36. The summed E-state index contributed by atoms with van der Waals surface area (Å²) >= 11 is 1.26. The number of thiophene rings is 1. The number of amides is 2. The van der Waals surface area contributed by atoms with Crippen LogP contribution in [0.2, 0.25) is 0 Å². The van der Waals surface area contributed by atoms with Crippen molar-refractivity contribution < 1.29 is 19.5 Å². The van der Waals surface area contributed by atoms with Crippen LogP contribution in [0.3, 0.4) is 0 Å². The molecule has 0 saturated carbocycles. The van der Waals surface area contributed by atoms with Gasteiger partial charge in [-0.25, -0.2) is 0 Å². The van der Waals surface area contributed by atoms with Crippen molar-refractivity contribution in [1.29, 1.82) is 0 Å². The first-order chi connectivity index (χ1) is 9.59. The number of carbonyl (C=O) groups excluding carboxylic acids is 2. The van der Waals surface area contributed by atoms with Crippen LogP contribution in [-0.4, -0.2) is 22.9 Å². The number of hydrazine groups is 1. The molecule has 7 heteroatoms. The topological polar surface area (TPSA) is 95.5 Å². The van der Waals surface area contributed by atoms with Crippen LogP contribution in [-0.2, 0) is 9.59 Å². The normalized spacial score (nSPS) is 21.2. The lowest BCUT2D eigenvalue weighted by Crippen LogP contribution is -2.47. The summed E-state index contributed by atoms with van der Waals surface area (Å²) in [7, 11) is 0. The summed E-state index contributed by atoms with van der Waals surface area (Å²) in [4.78, 5) is 35.2. The Kier molecular flexibility index (Phi) is 4.52. The molecule has 0 radical (unpaired) electrons. The maximum absolute atomic E-state index is 12.0. The fourth-order valence-corrected chi connectivity index (χ4v) is 2.68.